The number of halogens is 1. The van der Waals surface area contributed by atoms with E-state index in [2.05, 4.69) is 11.4 Å². The van der Waals surface area contributed by atoms with Crippen LogP contribution in [0.3, 0.4) is 0 Å². The van der Waals surface area contributed by atoms with Crippen LogP contribution in [-0.2, 0) is 30.9 Å². The van der Waals surface area contributed by atoms with Gasteiger partial charge in [-0.2, -0.15) is 4.31 Å². The van der Waals surface area contributed by atoms with E-state index in [1.807, 2.05) is 0 Å². The molecular formula is C30H38FN3O6S. The Morgan fingerprint density at radius 2 is 1.78 bits per heavy atom. The summed E-state index contributed by atoms with van der Waals surface area (Å²) in [7, 11) is -3.65. The van der Waals surface area contributed by atoms with E-state index in [1.54, 1.807) is 19.1 Å². The molecule has 0 radical (unpaired) electrons. The van der Waals surface area contributed by atoms with Gasteiger partial charge < -0.3 is 19.7 Å². The van der Waals surface area contributed by atoms with E-state index in [9.17, 15) is 22.4 Å². The smallest absolute Gasteiger partial charge is 0.261 e. The van der Waals surface area contributed by atoms with Gasteiger partial charge in [0.05, 0.1) is 18.1 Å². The van der Waals surface area contributed by atoms with Crippen LogP contribution in [0, 0.1) is 5.82 Å². The molecule has 1 saturated heterocycles. The van der Waals surface area contributed by atoms with Gasteiger partial charge in [0.25, 0.3) is 5.91 Å². The molecule has 11 heteroatoms. The number of rotatable bonds is 12. The number of sulfonamides is 1. The van der Waals surface area contributed by atoms with Crippen molar-refractivity contribution in [1.29, 1.82) is 0 Å². The van der Waals surface area contributed by atoms with Gasteiger partial charge in [0, 0.05) is 26.2 Å². The summed E-state index contributed by atoms with van der Waals surface area (Å²) in [5.41, 5.74) is 2.02. The molecule has 1 aliphatic heterocycles. The second-order valence-electron chi connectivity index (χ2n) is 10.2. The number of morpholine rings is 1. The van der Waals surface area contributed by atoms with Gasteiger partial charge in [0.15, 0.2) is 6.61 Å². The highest BCUT2D eigenvalue weighted by molar-refractivity contribution is 7.89. The summed E-state index contributed by atoms with van der Waals surface area (Å²) in [5, 5.41) is 2.94. The molecule has 0 aromatic heterocycles. The Labute approximate surface area is 241 Å². The molecule has 1 aliphatic carbocycles. The standard InChI is InChI=1S/C30H38FN3O6S/c1-23(30(36)32-16-15-24-5-3-2-4-6-24)34(21-25-7-9-26(31)10-8-25)29(35)22-40-27-11-13-28(14-12-27)41(37,38)33-17-19-39-20-18-33/h5,7-14,23H,2-4,6,15-22H2,1H3,(H,32,36)/t23-/m0/s1. The topological polar surface area (TPSA) is 105 Å². The van der Waals surface area contributed by atoms with Crippen LogP contribution in [-0.4, -0.2) is 74.9 Å². The highest BCUT2D eigenvalue weighted by atomic mass is 32.2. The molecule has 222 valence electrons. The number of nitrogens with zero attached hydrogens (tertiary/aromatic N) is 2. The maximum Gasteiger partial charge on any atom is 0.261 e. The first-order chi connectivity index (χ1) is 19.7. The number of hydrogen-bond donors (Lipinski definition) is 1. The lowest BCUT2D eigenvalue weighted by molar-refractivity contribution is -0.142. The summed E-state index contributed by atoms with van der Waals surface area (Å²) in [4.78, 5) is 27.9. The van der Waals surface area contributed by atoms with Crippen molar-refractivity contribution in [2.24, 2.45) is 0 Å². The van der Waals surface area contributed by atoms with Gasteiger partial charge in [0.2, 0.25) is 15.9 Å². The molecule has 2 aromatic rings. The lowest BCUT2D eigenvalue weighted by Gasteiger charge is -2.29. The zero-order valence-electron chi connectivity index (χ0n) is 23.4. The molecule has 0 spiro atoms. The van der Waals surface area contributed by atoms with E-state index >= 15 is 0 Å². The maximum absolute atomic E-state index is 13.5. The van der Waals surface area contributed by atoms with Crippen molar-refractivity contribution in [2.45, 2.75) is 56.5 Å². The minimum atomic E-state index is -3.65. The largest absolute Gasteiger partial charge is 0.484 e. The first-order valence-electron chi connectivity index (χ1n) is 14.0. The molecule has 1 fully saturated rings. The molecule has 2 aromatic carbocycles. The number of hydrogen-bond acceptors (Lipinski definition) is 6. The summed E-state index contributed by atoms with van der Waals surface area (Å²) in [6.07, 6.45) is 7.52. The fraction of sp³-hybridized carbons (Fsp3) is 0.467. The molecule has 2 aliphatic rings. The molecule has 1 N–H and O–H groups in total. The second-order valence-corrected chi connectivity index (χ2v) is 12.2. The van der Waals surface area contributed by atoms with E-state index in [-0.39, 0.29) is 24.0 Å². The quantitative estimate of drug-likeness (QED) is 0.380. The van der Waals surface area contributed by atoms with Gasteiger partial charge in [-0.05, 0) is 81.0 Å². The molecule has 0 unspecified atom stereocenters. The number of allylic oxidation sites excluding steroid dienone is 1. The molecule has 4 rings (SSSR count). The van der Waals surface area contributed by atoms with E-state index in [0.717, 1.165) is 19.3 Å². The highest BCUT2D eigenvalue weighted by Crippen LogP contribution is 2.22. The summed E-state index contributed by atoms with van der Waals surface area (Å²) >= 11 is 0. The van der Waals surface area contributed by atoms with Crippen LogP contribution >= 0.6 is 0 Å². The third-order valence-electron chi connectivity index (χ3n) is 7.36. The third kappa shape index (κ3) is 8.61. The van der Waals surface area contributed by atoms with Gasteiger partial charge in [-0.25, -0.2) is 12.8 Å². The van der Waals surface area contributed by atoms with Crippen LogP contribution in [0.5, 0.6) is 5.75 Å². The lowest BCUT2D eigenvalue weighted by atomic mass is 9.97. The molecule has 0 bridgehead atoms. The molecule has 1 atom stereocenters. The van der Waals surface area contributed by atoms with Crippen molar-refractivity contribution in [2.75, 3.05) is 39.5 Å². The maximum atomic E-state index is 13.5. The monoisotopic (exact) mass is 587 g/mol. The Bertz CT molecular complexity index is 1310. The van der Waals surface area contributed by atoms with Gasteiger partial charge in [0.1, 0.15) is 17.6 Å². The van der Waals surface area contributed by atoms with Crippen molar-refractivity contribution < 1.29 is 31.9 Å². The van der Waals surface area contributed by atoms with Crippen LogP contribution in [0.1, 0.15) is 44.6 Å². The van der Waals surface area contributed by atoms with Gasteiger partial charge >= 0.3 is 0 Å². The van der Waals surface area contributed by atoms with Gasteiger partial charge in [-0.15, -0.1) is 0 Å². The average molecular weight is 588 g/mol. The Balaban J connectivity index is 1.38. The number of carbonyl (C=O) groups is 2. The van der Waals surface area contributed by atoms with E-state index in [4.69, 9.17) is 9.47 Å². The fourth-order valence-corrected chi connectivity index (χ4v) is 6.27. The Hall–Kier alpha value is -3.28. The van der Waals surface area contributed by atoms with Gasteiger partial charge in [-0.1, -0.05) is 23.8 Å². The zero-order valence-corrected chi connectivity index (χ0v) is 24.2. The molecule has 1 heterocycles. The highest BCUT2D eigenvalue weighted by Gasteiger charge is 2.28. The Morgan fingerprint density at radius 3 is 2.44 bits per heavy atom. The van der Waals surface area contributed by atoms with Crippen LogP contribution in [0.15, 0.2) is 65.1 Å². The number of nitrogens with one attached hydrogen (secondary N) is 1. The molecule has 41 heavy (non-hydrogen) atoms. The summed E-state index contributed by atoms with van der Waals surface area (Å²) in [6.45, 7) is 3.17. The van der Waals surface area contributed by atoms with Crippen LogP contribution < -0.4 is 10.1 Å². The first kappa shape index (κ1) is 30.7. The first-order valence-corrected chi connectivity index (χ1v) is 15.5. The average Bonchev–Trinajstić information content (AvgIpc) is 3.00. The van der Waals surface area contributed by atoms with Crippen molar-refractivity contribution in [3.63, 3.8) is 0 Å². The number of carbonyl (C=O) groups excluding carboxylic acids is 2. The van der Waals surface area contributed by atoms with Crippen molar-refractivity contribution >= 4 is 21.8 Å². The Morgan fingerprint density at radius 1 is 1.07 bits per heavy atom. The third-order valence-corrected chi connectivity index (χ3v) is 9.27. The van der Waals surface area contributed by atoms with E-state index in [1.165, 1.54) is 64.0 Å². The van der Waals surface area contributed by atoms with E-state index < -0.39 is 27.8 Å². The van der Waals surface area contributed by atoms with E-state index in [0.29, 0.717) is 44.2 Å². The van der Waals surface area contributed by atoms with Gasteiger partial charge in [-0.3, -0.25) is 9.59 Å². The number of benzene rings is 2. The lowest BCUT2D eigenvalue weighted by Crippen LogP contribution is -2.49. The minimum Gasteiger partial charge on any atom is -0.484 e. The number of ether oxygens (including phenoxy) is 2. The minimum absolute atomic E-state index is 0.0962. The summed E-state index contributed by atoms with van der Waals surface area (Å²) in [5.74, 6) is -0.790. The fourth-order valence-electron chi connectivity index (χ4n) is 4.87. The van der Waals surface area contributed by atoms with Crippen LogP contribution in [0.25, 0.3) is 0 Å². The molecule has 9 nitrogen and oxygen atoms in total. The molecular weight excluding hydrogens is 549 g/mol. The SMILES string of the molecule is C[C@@H](C(=O)NCCC1=CCCCC1)N(Cc1ccc(F)cc1)C(=O)COc1ccc(S(=O)(=O)N2CCOCC2)cc1. The Kier molecular flexibility index (Phi) is 10.9. The molecule has 0 saturated carbocycles. The van der Waals surface area contributed by atoms with Crippen LogP contribution in [0.4, 0.5) is 4.39 Å². The van der Waals surface area contributed by atoms with Crippen LogP contribution in [0.2, 0.25) is 0 Å². The van der Waals surface area contributed by atoms with Crippen molar-refractivity contribution in [3.05, 3.63) is 71.6 Å². The molecule has 2 amide bonds. The zero-order chi connectivity index (χ0) is 29.2. The van der Waals surface area contributed by atoms with Crippen molar-refractivity contribution in [3.8, 4) is 5.75 Å². The second kappa shape index (κ2) is 14.6. The predicted molar refractivity (Wildman–Crippen MR) is 152 cm³/mol. The van der Waals surface area contributed by atoms with Crippen molar-refractivity contribution in [1.82, 2.24) is 14.5 Å². The predicted octanol–water partition coefficient (Wildman–Crippen LogP) is 3.65. The summed E-state index contributed by atoms with van der Waals surface area (Å²) in [6, 6.07) is 10.9. The number of amides is 2. The normalized spacial score (nSPS) is 16.9. The summed E-state index contributed by atoms with van der Waals surface area (Å²) < 4.78 is 51.5.